The molecule has 2 N–H and O–H groups in total. The maximum Gasteiger partial charge on any atom is 0.0793 e. The molecule has 1 fully saturated rings. The van der Waals surface area contributed by atoms with Crippen LogP contribution in [0.3, 0.4) is 0 Å². The van der Waals surface area contributed by atoms with E-state index < -0.39 is 0 Å². The quantitative estimate of drug-likeness (QED) is 0.622. The molecule has 5 nitrogen and oxygen atoms in total. The molecule has 0 radical (unpaired) electrons. The van der Waals surface area contributed by atoms with E-state index in [1.807, 2.05) is 0 Å². The number of aliphatic hydroxyl groups excluding tert-OH is 1. The molecule has 18 heavy (non-hydrogen) atoms. The van der Waals surface area contributed by atoms with Gasteiger partial charge in [-0.15, -0.1) is 0 Å². The number of nitrogens with zero attached hydrogens (tertiary/aromatic N) is 2. The number of methoxy groups -OCH3 is 1. The summed E-state index contributed by atoms with van der Waals surface area (Å²) in [5.41, 5.74) is 0. The van der Waals surface area contributed by atoms with Gasteiger partial charge in [-0.25, -0.2) is 0 Å². The van der Waals surface area contributed by atoms with Gasteiger partial charge in [0.1, 0.15) is 0 Å². The number of ether oxygens (including phenoxy) is 1. The zero-order valence-electron chi connectivity index (χ0n) is 12.1. The van der Waals surface area contributed by atoms with Crippen LogP contribution in [0.1, 0.15) is 13.8 Å². The molecule has 1 aliphatic heterocycles. The number of hydrogen-bond acceptors (Lipinski definition) is 5. The lowest BCUT2D eigenvalue weighted by atomic mass is 10.2. The van der Waals surface area contributed by atoms with E-state index in [1.54, 1.807) is 7.11 Å². The summed E-state index contributed by atoms with van der Waals surface area (Å²) in [6.45, 7) is 11.6. The van der Waals surface area contributed by atoms with E-state index in [2.05, 4.69) is 29.0 Å². The van der Waals surface area contributed by atoms with Crippen molar-refractivity contribution < 1.29 is 9.84 Å². The highest BCUT2D eigenvalue weighted by Crippen LogP contribution is 2.02. The molecule has 0 bridgehead atoms. The third-order valence-electron chi connectivity index (χ3n) is 3.44. The standard InChI is InChI=1S/C13H29N3O2/c1-12(2)16(8-9-18-3)11-13(17)10-15-6-4-14-5-7-15/h12-14,17H,4-11H2,1-3H3. The van der Waals surface area contributed by atoms with E-state index in [4.69, 9.17) is 4.74 Å². The summed E-state index contributed by atoms with van der Waals surface area (Å²) in [6, 6.07) is 0.442. The van der Waals surface area contributed by atoms with Crippen LogP contribution >= 0.6 is 0 Å². The van der Waals surface area contributed by atoms with Crippen molar-refractivity contribution in [3.63, 3.8) is 0 Å². The van der Waals surface area contributed by atoms with Crippen LogP contribution in [0.25, 0.3) is 0 Å². The largest absolute Gasteiger partial charge is 0.390 e. The fraction of sp³-hybridized carbons (Fsp3) is 1.00. The van der Waals surface area contributed by atoms with E-state index in [0.29, 0.717) is 6.04 Å². The van der Waals surface area contributed by atoms with Crippen LogP contribution < -0.4 is 5.32 Å². The summed E-state index contributed by atoms with van der Waals surface area (Å²) in [5.74, 6) is 0. The van der Waals surface area contributed by atoms with Crippen LogP contribution in [-0.2, 0) is 4.74 Å². The number of nitrogens with one attached hydrogen (secondary N) is 1. The maximum absolute atomic E-state index is 10.2. The smallest absolute Gasteiger partial charge is 0.0793 e. The molecule has 1 aliphatic rings. The Morgan fingerprint density at radius 3 is 2.56 bits per heavy atom. The maximum atomic E-state index is 10.2. The molecule has 0 aromatic rings. The first-order valence-electron chi connectivity index (χ1n) is 6.97. The minimum atomic E-state index is -0.276. The van der Waals surface area contributed by atoms with Crippen LogP contribution in [0.15, 0.2) is 0 Å². The van der Waals surface area contributed by atoms with Crippen molar-refractivity contribution in [2.45, 2.75) is 26.0 Å². The lowest BCUT2D eigenvalue weighted by Crippen LogP contribution is -2.49. The van der Waals surface area contributed by atoms with Gasteiger partial charge >= 0.3 is 0 Å². The van der Waals surface area contributed by atoms with Gasteiger partial charge in [0.2, 0.25) is 0 Å². The molecule has 1 rings (SSSR count). The van der Waals surface area contributed by atoms with Crippen molar-refractivity contribution in [3.05, 3.63) is 0 Å². The van der Waals surface area contributed by atoms with Gasteiger partial charge in [0.25, 0.3) is 0 Å². The minimum Gasteiger partial charge on any atom is -0.390 e. The second-order valence-corrected chi connectivity index (χ2v) is 5.29. The summed E-state index contributed by atoms with van der Waals surface area (Å²) in [7, 11) is 1.72. The van der Waals surface area contributed by atoms with Gasteiger partial charge in [-0.1, -0.05) is 0 Å². The van der Waals surface area contributed by atoms with Crippen LogP contribution in [0.4, 0.5) is 0 Å². The predicted octanol–water partition coefficient (Wildman–Crippen LogP) is -0.391. The normalized spacial score (nSPS) is 19.7. The first-order valence-corrected chi connectivity index (χ1v) is 6.97. The van der Waals surface area contributed by atoms with Crippen LogP contribution in [0.2, 0.25) is 0 Å². The lowest BCUT2D eigenvalue weighted by Gasteiger charge is -2.32. The molecule has 0 saturated carbocycles. The number of aliphatic hydroxyl groups is 1. The van der Waals surface area contributed by atoms with Gasteiger partial charge < -0.3 is 15.2 Å². The number of rotatable bonds is 8. The first-order chi connectivity index (χ1) is 8.63. The number of hydrogen-bond donors (Lipinski definition) is 2. The fourth-order valence-corrected chi connectivity index (χ4v) is 2.29. The summed E-state index contributed by atoms with van der Waals surface area (Å²) in [6.07, 6.45) is -0.276. The summed E-state index contributed by atoms with van der Waals surface area (Å²) < 4.78 is 5.11. The highest BCUT2D eigenvalue weighted by molar-refractivity contribution is 4.74. The molecule has 0 spiro atoms. The average Bonchev–Trinajstić information content (AvgIpc) is 2.35. The van der Waals surface area contributed by atoms with Gasteiger partial charge in [-0.05, 0) is 13.8 Å². The predicted molar refractivity (Wildman–Crippen MR) is 73.9 cm³/mol. The molecular formula is C13H29N3O2. The van der Waals surface area contributed by atoms with Crippen molar-refractivity contribution >= 4 is 0 Å². The van der Waals surface area contributed by atoms with Gasteiger partial charge in [0.05, 0.1) is 12.7 Å². The van der Waals surface area contributed by atoms with Gasteiger partial charge in [-0.2, -0.15) is 0 Å². The van der Waals surface area contributed by atoms with E-state index in [9.17, 15) is 5.11 Å². The molecule has 108 valence electrons. The Morgan fingerprint density at radius 1 is 1.33 bits per heavy atom. The molecular weight excluding hydrogens is 230 g/mol. The van der Waals surface area contributed by atoms with Crippen LogP contribution in [-0.4, -0.2) is 86.6 Å². The third kappa shape index (κ3) is 6.11. The van der Waals surface area contributed by atoms with Crippen molar-refractivity contribution in [1.29, 1.82) is 0 Å². The molecule has 0 aromatic heterocycles. The van der Waals surface area contributed by atoms with Crippen molar-refractivity contribution in [1.82, 2.24) is 15.1 Å². The topological polar surface area (TPSA) is 48.0 Å². The molecule has 1 atom stereocenters. The van der Waals surface area contributed by atoms with Crippen LogP contribution in [0, 0.1) is 0 Å². The van der Waals surface area contributed by atoms with Gasteiger partial charge in [0.15, 0.2) is 0 Å². The molecule has 0 aliphatic carbocycles. The molecule has 5 heteroatoms. The summed E-state index contributed by atoms with van der Waals surface area (Å²) in [5, 5.41) is 13.5. The van der Waals surface area contributed by atoms with E-state index in [1.165, 1.54) is 0 Å². The van der Waals surface area contributed by atoms with E-state index >= 15 is 0 Å². The Labute approximate surface area is 111 Å². The van der Waals surface area contributed by atoms with Crippen molar-refractivity contribution in [2.75, 3.05) is 59.5 Å². The Hall–Kier alpha value is -0.200. The summed E-state index contributed by atoms with van der Waals surface area (Å²) >= 11 is 0. The van der Waals surface area contributed by atoms with E-state index in [0.717, 1.165) is 52.4 Å². The number of piperazine rings is 1. The summed E-state index contributed by atoms with van der Waals surface area (Å²) in [4.78, 5) is 4.60. The zero-order valence-corrected chi connectivity index (χ0v) is 12.1. The molecule has 1 heterocycles. The van der Waals surface area contributed by atoms with Crippen molar-refractivity contribution in [3.8, 4) is 0 Å². The van der Waals surface area contributed by atoms with Gasteiger partial charge in [0, 0.05) is 59.0 Å². The average molecular weight is 259 g/mol. The first kappa shape index (κ1) is 15.9. The Morgan fingerprint density at radius 2 is 2.00 bits per heavy atom. The highest BCUT2D eigenvalue weighted by atomic mass is 16.5. The van der Waals surface area contributed by atoms with Crippen molar-refractivity contribution in [2.24, 2.45) is 0 Å². The van der Waals surface area contributed by atoms with Crippen LogP contribution in [0.5, 0.6) is 0 Å². The second kappa shape index (κ2) is 8.82. The minimum absolute atomic E-state index is 0.276. The highest BCUT2D eigenvalue weighted by Gasteiger charge is 2.18. The monoisotopic (exact) mass is 259 g/mol. The molecule has 0 aromatic carbocycles. The Bertz CT molecular complexity index is 208. The molecule has 1 unspecified atom stereocenters. The Kier molecular flexibility index (Phi) is 7.77. The molecule has 0 amide bonds. The van der Waals surface area contributed by atoms with E-state index in [-0.39, 0.29) is 6.10 Å². The Balaban J connectivity index is 2.28. The SMILES string of the molecule is COCCN(CC(O)CN1CCNCC1)C(C)C. The lowest BCUT2D eigenvalue weighted by molar-refractivity contribution is 0.0471. The fourth-order valence-electron chi connectivity index (χ4n) is 2.29. The second-order valence-electron chi connectivity index (χ2n) is 5.29. The zero-order chi connectivity index (χ0) is 13.4. The third-order valence-corrected chi connectivity index (χ3v) is 3.44. The van der Waals surface area contributed by atoms with Gasteiger partial charge in [-0.3, -0.25) is 9.80 Å². The molecule has 1 saturated heterocycles. The number of β-amino-alcohol motifs (C(OH)–C–C–N with tert-alkyl or cyclic N) is 1.